The first-order valence-electron chi connectivity index (χ1n) is 9.32. The fourth-order valence-electron chi connectivity index (χ4n) is 3.72. The molecule has 1 amide bonds. The van der Waals surface area contributed by atoms with E-state index in [1.165, 1.54) is 17.3 Å². The van der Waals surface area contributed by atoms with Crippen LogP contribution in [-0.4, -0.2) is 40.5 Å². The number of nitrogens with two attached hydrogens (primary N) is 1. The molecule has 0 aromatic heterocycles. The van der Waals surface area contributed by atoms with Crippen molar-refractivity contribution in [3.05, 3.63) is 83.4 Å². The molecule has 2 aromatic carbocycles. The summed E-state index contributed by atoms with van der Waals surface area (Å²) in [6, 6.07) is 18.7. The average molecular weight is 429 g/mol. The summed E-state index contributed by atoms with van der Waals surface area (Å²) >= 11 is 7.37. The molecule has 0 saturated carbocycles. The van der Waals surface area contributed by atoms with Gasteiger partial charge in [0.05, 0.1) is 0 Å². The molecule has 0 radical (unpaired) electrons. The van der Waals surface area contributed by atoms with E-state index >= 15 is 0 Å². The quantitative estimate of drug-likeness (QED) is 0.584. The SMILES string of the molecule is NC1C(=O)N2CC(C=CCl)(C(=O)OC(c3ccccc3)c3ccccc3)CS[C@H]12. The van der Waals surface area contributed by atoms with Gasteiger partial charge in [0.15, 0.2) is 6.10 Å². The Morgan fingerprint density at radius 1 is 1.17 bits per heavy atom. The number of rotatable bonds is 5. The van der Waals surface area contributed by atoms with Crippen molar-refractivity contribution in [2.45, 2.75) is 17.5 Å². The Balaban J connectivity index is 1.63. The molecule has 3 atom stereocenters. The number of halogens is 1. The fourth-order valence-corrected chi connectivity index (χ4v) is 5.41. The third-order valence-corrected chi connectivity index (χ3v) is 7.06. The van der Waals surface area contributed by atoms with E-state index in [0.29, 0.717) is 5.75 Å². The van der Waals surface area contributed by atoms with E-state index in [-0.39, 0.29) is 17.8 Å². The number of thioether (sulfide) groups is 1. The van der Waals surface area contributed by atoms with Crippen LogP contribution >= 0.6 is 23.4 Å². The third-order valence-electron chi connectivity index (χ3n) is 5.36. The molecule has 5 nitrogen and oxygen atoms in total. The number of fused-ring (bicyclic) bond motifs is 1. The Labute approximate surface area is 178 Å². The van der Waals surface area contributed by atoms with E-state index in [4.69, 9.17) is 22.1 Å². The number of β-lactam (4-membered cyclic amide) rings is 1. The van der Waals surface area contributed by atoms with E-state index in [0.717, 1.165) is 11.1 Å². The number of nitrogens with zero attached hydrogens (tertiary/aromatic N) is 1. The van der Waals surface area contributed by atoms with Crippen LogP contribution < -0.4 is 5.73 Å². The van der Waals surface area contributed by atoms with Gasteiger partial charge in [-0.25, -0.2) is 0 Å². The molecule has 2 aromatic rings. The van der Waals surface area contributed by atoms with E-state index in [1.807, 2.05) is 60.7 Å². The maximum absolute atomic E-state index is 13.4. The summed E-state index contributed by atoms with van der Waals surface area (Å²) in [7, 11) is 0. The van der Waals surface area contributed by atoms with Gasteiger partial charge in [0.25, 0.3) is 0 Å². The molecule has 2 fully saturated rings. The molecule has 2 aliphatic rings. The Bertz CT molecular complexity index is 885. The van der Waals surface area contributed by atoms with E-state index < -0.39 is 23.5 Å². The summed E-state index contributed by atoms with van der Waals surface area (Å²) in [5.41, 5.74) is 7.94. The number of amides is 1. The molecule has 0 aliphatic carbocycles. The second kappa shape index (κ2) is 8.22. The van der Waals surface area contributed by atoms with Gasteiger partial charge >= 0.3 is 5.97 Å². The molecule has 2 aliphatic heterocycles. The van der Waals surface area contributed by atoms with Gasteiger partial charge in [0.1, 0.15) is 16.8 Å². The number of hydrogen-bond acceptors (Lipinski definition) is 5. The zero-order valence-electron chi connectivity index (χ0n) is 15.6. The summed E-state index contributed by atoms with van der Waals surface area (Å²) in [6.45, 7) is 0.218. The van der Waals surface area contributed by atoms with Gasteiger partial charge in [0, 0.05) is 17.8 Å². The van der Waals surface area contributed by atoms with Crippen LogP contribution in [0.25, 0.3) is 0 Å². The van der Waals surface area contributed by atoms with Crippen molar-refractivity contribution in [1.82, 2.24) is 4.90 Å². The lowest BCUT2D eigenvalue weighted by molar-refractivity contribution is -0.161. The maximum Gasteiger partial charge on any atom is 0.319 e. The lowest BCUT2D eigenvalue weighted by Crippen LogP contribution is -2.72. The minimum atomic E-state index is -1.01. The predicted molar refractivity (Wildman–Crippen MR) is 114 cm³/mol. The number of benzene rings is 2. The molecule has 29 heavy (non-hydrogen) atoms. The highest BCUT2D eigenvalue weighted by atomic mass is 35.5. The van der Waals surface area contributed by atoms with Gasteiger partial charge < -0.3 is 15.4 Å². The number of esters is 1. The van der Waals surface area contributed by atoms with Crippen molar-refractivity contribution in [3.8, 4) is 0 Å². The van der Waals surface area contributed by atoms with Gasteiger partial charge in [-0.2, -0.15) is 0 Å². The molecular weight excluding hydrogens is 408 g/mol. The fraction of sp³-hybridized carbons (Fsp3) is 0.273. The molecule has 150 valence electrons. The molecule has 2 heterocycles. The molecule has 4 rings (SSSR count). The Hall–Kier alpha value is -2.28. The molecule has 2 unspecified atom stereocenters. The van der Waals surface area contributed by atoms with Gasteiger partial charge in [-0.3, -0.25) is 9.59 Å². The number of hydrogen-bond donors (Lipinski definition) is 1. The zero-order chi connectivity index (χ0) is 20.4. The summed E-state index contributed by atoms with van der Waals surface area (Å²) < 4.78 is 6.06. The second-order valence-corrected chi connectivity index (χ2v) is 8.61. The van der Waals surface area contributed by atoms with Crippen LogP contribution in [0.3, 0.4) is 0 Å². The van der Waals surface area contributed by atoms with Crippen molar-refractivity contribution in [1.29, 1.82) is 0 Å². The molecule has 0 bridgehead atoms. The number of ether oxygens (including phenoxy) is 1. The van der Waals surface area contributed by atoms with Crippen LogP contribution in [0.15, 0.2) is 72.3 Å². The van der Waals surface area contributed by atoms with Crippen LogP contribution in [0, 0.1) is 5.41 Å². The van der Waals surface area contributed by atoms with Crippen molar-refractivity contribution >= 4 is 35.2 Å². The van der Waals surface area contributed by atoms with Crippen LogP contribution in [-0.2, 0) is 14.3 Å². The average Bonchev–Trinajstić information content (AvgIpc) is 2.78. The maximum atomic E-state index is 13.4. The zero-order valence-corrected chi connectivity index (χ0v) is 17.2. The lowest BCUT2D eigenvalue weighted by atomic mass is 9.87. The predicted octanol–water partition coefficient (Wildman–Crippen LogP) is 3.30. The first-order valence-corrected chi connectivity index (χ1v) is 10.8. The molecule has 2 N–H and O–H groups in total. The van der Waals surface area contributed by atoms with Gasteiger partial charge in [0.2, 0.25) is 5.91 Å². The van der Waals surface area contributed by atoms with Crippen LogP contribution in [0.5, 0.6) is 0 Å². The minimum Gasteiger partial charge on any atom is -0.452 e. The highest BCUT2D eigenvalue weighted by Crippen LogP contribution is 2.44. The van der Waals surface area contributed by atoms with Crippen molar-refractivity contribution in [2.75, 3.05) is 12.3 Å². The lowest BCUT2D eigenvalue weighted by Gasteiger charge is -2.52. The highest BCUT2D eigenvalue weighted by molar-refractivity contribution is 8.00. The monoisotopic (exact) mass is 428 g/mol. The number of carbonyl (C=O) groups excluding carboxylic acids is 2. The summed E-state index contributed by atoms with van der Waals surface area (Å²) in [5.74, 6) is -0.107. The second-order valence-electron chi connectivity index (χ2n) is 7.25. The van der Waals surface area contributed by atoms with Gasteiger partial charge in [-0.05, 0) is 11.1 Å². The Morgan fingerprint density at radius 3 is 2.31 bits per heavy atom. The standard InChI is InChI=1S/C22H21ClN2O3S/c23-12-11-22(13-25-19(26)17(24)20(25)29-14-22)21(27)28-18(15-7-3-1-4-8-15)16-9-5-2-6-10-16/h1-12,17-18,20H,13-14,24H2/t17?,20-,22?/m1/s1. The largest absolute Gasteiger partial charge is 0.452 e. The van der Waals surface area contributed by atoms with Crippen LogP contribution in [0.1, 0.15) is 17.2 Å². The van der Waals surface area contributed by atoms with Gasteiger partial charge in [-0.15, -0.1) is 11.8 Å². The normalized spacial score (nSPS) is 26.3. The molecule has 0 spiro atoms. The van der Waals surface area contributed by atoms with Crippen LogP contribution in [0.4, 0.5) is 0 Å². The van der Waals surface area contributed by atoms with Crippen LogP contribution in [0.2, 0.25) is 0 Å². The van der Waals surface area contributed by atoms with Crippen molar-refractivity contribution < 1.29 is 14.3 Å². The van der Waals surface area contributed by atoms with Gasteiger partial charge in [-0.1, -0.05) is 78.3 Å². The Morgan fingerprint density at radius 2 is 1.76 bits per heavy atom. The summed E-state index contributed by atoms with van der Waals surface area (Å²) in [5, 5.41) is -0.0915. The van der Waals surface area contributed by atoms with E-state index in [2.05, 4.69) is 0 Å². The molecule has 7 heteroatoms. The van der Waals surface area contributed by atoms with E-state index in [1.54, 1.807) is 11.0 Å². The summed E-state index contributed by atoms with van der Waals surface area (Å²) in [6.07, 6.45) is 1.08. The highest BCUT2D eigenvalue weighted by Gasteiger charge is 2.55. The van der Waals surface area contributed by atoms with E-state index in [9.17, 15) is 9.59 Å². The minimum absolute atomic E-state index is 0.0915. The smallest absolute Gasteiger partial charge is 0.319 e. The van der Waals surface area contributed by atoms with Crippen molar-refractivity contribution in [3.63, 3.8) is 0 Å². The first kappa shape index (κ1) is 20.0. The topological polar surface area (TPSA) is 72.6 Å². The first-order chi connectivity index (χ1) is 14.1. The summed E-state index contributed by atoms with van der Waals surface area (Å²) in [4.78, 5) is 27.2. The molecular formula is C22H21ClN2O3S. The molecule has 2 saturated heterocycles. The Kier molecular flexibility index (Phi) is 5.67. The van der Waals surface area contributed by atoms with Crippen molar-refractivity contribution in [2.24, 2.45) is 11.1 Å². The third kappa shape index (κ3) is 3.68. The number of carbonyl (C=O) groups is 2.